The molecule has 2 aromatic carbocycles. The van der Waals surface area contributed by atoms with E-state index in [2.05, 4.69) is 15.5 Å². The Morgan fingerprint density at radius 2 is 1.93 bits per heavy atom. The van der Waals surface area contributed by atoms with Crippen molar-refractivity contribution in [2.45, 2.75) is 19.4 Å². The number of nitrogens with zero attached hydrogens (tertiary/aromatic N) is 2. The smallest absolute Gasteiger partial charge is 0.335 e. The summed E-state index contributed by atoms with van der Waals surface area (Å²) in [6, 6.07) is 13.6. The van der Waals surface area contributed by atoms with Crippen LogP contribution in [-0.2, 0) is 0 Å². The van der Waals surface area contributed by atoms with Crippen LogP contribution in [0.3, 0.4) is 0 Å². The van der Waals surface area contributed by atoms with Gasteiger partial charge in [0, 0.05) is 17.0 Å². The van der Waals surface area contributed by atoms with Gasteiger partial charge in [0.05, 0.1) is 24.0 Å². The fourth-order valence-corrected chi connectivity index (χ4v) is 3.57. The molecule has 3 N–H and O–H groups in total. The monoisotopic (exact) mass is 426 g/mol. The molecule has 9 heteroatoms. The van der Waals surface area contributed by atoms with Crippen molar-refractivity contribution in [3.63, 3.8) is 0 Å². The average molecular weight is 427 g/mol. The van der Waals surface area contributed by atoms with Crippen LogP contribution in [0.4, 0.5) is 0 Å². The van der Waals surface area contributed by atoms with Crippen LogP contribution in [0.15, 0.2) is 63.2 Å². The number of halogens is 1. The maximum atomic E-state index is 12.5. The molecule has 0 fully saturated rings. The number of aromatic hydroxyl groups is 1. The molecule has 1 aromatic heterocycles. The summed E-state index contributed by atoms with van der Waals surface area (Å²) in [6.45, 7) is 2.42. The summed E-state index contributed by atoms with van der Waals surface area (Å²) in [4.78, 5) is 27.1. The maximum Gasteiger partial charge on any atom is 0.335 e. The van der Waals surface area contributed by atoms with Gasteiger partial charge in [-0.25, -0.2) is 9.36 Å². The molecule has 8 nitrogen and oxygen atoms in total. The van der Waals surface area contributed by atoms with Crippen LogP contribution in [0.25, 0.3) is 5.69 Å². The van der Waals surface area contributed by atoms with E-state index in [4.69, 9.17) is 16.3 Å². The first-order valence-corrected chi connectivity index (χ1v) is 9.75. The third-order valence-electron chi connectivity index (χ3n) is 4.81. The van der Waals surface area contributed by atoms with Crippen molar-refractivity contribution in [1.29, 1.82) is 0 Å². The van der Waals surface area contributed by atoms with Gasteiger partial charge >= 0.3 is 5.69 Å². The molecule has 0 saturated heterocycles. The lowest BCUT2D eigenvalue weighted by molar-refractivity contribution is 0.332. The molecule has 3 aromatic rings. The van der Waals surface area contributed by atoms with Crippen molar-refractivity contribution in [2.75, 3.05) is 6.61 Å². The second-order valence-corrected chi connectivity index (χ2v) is 7.12. The summed E-state index contributed by atoms with van der Waals surface area (Å²) in [5.74, 6) is 0.239. The van der Waals surface area contributed by atoms with Crippen LogP contribution in [0.2, 0.25) is 5.02 Å². The molecular weight excluding hydrogens is 408 g/mol. The molecule has 1 aliphatic rings. The van der Waals surface area contributed by atoms with E-state index in [1.165, 1.54) is 0 Å². The number of H-pyrrole nitrogens is 1. The van der Waals surface area contributed by atoms with Crippen LogP contribution >= 0.6 is 11.6 Å². The number of hydrazone groups is 1. The van der Waals surface area contributed by atoms with Crippen molar-refractivity contribution in [3.05, 3.63) is 85.5 Å². The lowest BCUT2D eigenvalue weighted by Gasteiger charge is -2.15. The highest BCUT2D eigenvalue weighted by molar-refractivity contribution is 6.30. The summed E-state index contributed by atoms with van der Waals surface area (Å²) < 4.78 is 6.69. The Labute approximate surface area is 176 Å². The molecule has 0 radical (unpaired) electrons. The second-order valence-electron chi connectivity index (χ2n) is 6.68. The van der Waals surface area contributed by atoms with Crippen molar-refractivity contribution in [2.24, 2.45) is 5.10 Å². The Morgan fingerprint density at radius 1 is 1.20 bits per heavy atom. The van der Waals surface area contributed by atoms with E-state index in [1.54, 1.807) is 24.3 Å². The number of aromatic nitrogens is 2. The predicted molar refractivity (Wildman–Crippen MR) is 114 cm³/mol. The number of para-hydroxylation sites is 1. The van der Waals surface area contributed by atoms with Crippen LogP contribution in [0.5, 0.6) is 11.6 Å². The number of benzene rings is 2. The minimum atomic E-state index is -0.756. The molecule has 30 heavy (non-hydrogen) atoms. The standard InChI is InChI=1S/C21H19ClN4O4/c1-2-30-17-6-4-3-5-14(17)15-11-16(25-24-15)18-19(27)23-21(29)26(20(18)28)13-9-7-12(22)8-10-13/h3-10,15,24,28H,2,11H2,1H3,(H,23,27,29)/t15-/m0/s1. The van der Waals surface area contributed by atoms with Gasteiger partial charge in [-0.3, -0.25) is 9.78 Å². The van der Waals surface area contributed by atoms with Crippen LogP contribution in [-0.4, -0.2) is 27.0 Å². The lowest BCUT2D eigenvalue weighted by atomic mass is 9.99. The zero-order valence-electron chi connectivity index (χ0n) is 16.1. The molecule has 0 aliphatic carbocycles. The highest BCUT2D eigenvalue weighted by Gasteiger charge is 2.29. The van der Waals surface area contributed by atoms with Crippen molar-refractivity contribution in [3.8, 4) is 17.3 Å². The highest BCUT2D eigenvalue weighted by atomic mass is 35.5. The van der Waals surface area contributed by atoms with E-state index in [1.807, 2.05) is 31.2 Å². The van der Waals surface area contributed by atoms with E-state index in [0.29, 0.717) is 29.4 Å². The van der Waals surface area contributed by atoms with Gasteiger partial charge in [0.1, 0.15) is 11.3 Å². The Morgan fingerprint density at radius 3 is 2.67 bits per heavy atom. The Kier molecular flexibility index (Phi) is 5.33. The van der Waals surface area contributed by atoms with Crippen molar-refractivity contribution in [1.82, 2.24) is 15.0 Å². The highest BCUT2D eigenvalue weighted by Crippen LogP contribution is 2.32. The first kappa shape index (κ1) is 19.8. The minimum absolute atomic E-state index is 0.0616. The van der Waals surface area contributed by atoms with E-state index < -0.39 is 17.1 Å². The molecule has 0 saturated carbocycles. The predicted octanol–water partition coefficient (Wildman–Crippen LogP) is 2.72. The molecule has 0 amide bonds. The molecular formula is C21H19ClN4O4. The molecule has 1 aliphatic heterocycles. The van der Waals surface area contributed by atoms with Gasteiger partial charge in [0.2, 0.25) is 5.88 Å². The van der Waals surface area contributed by atoms with Gasteiger partial charge in [0.15, 0.2) is 0 Å². The number of aromatic amines is 1. The number of ether oxygens (including phenoxy) is 1. The lowest BCUT2D eigenvalue weighted by Crippen LogP contribution is -2.33. The van der Waals surface area contributed by atoms with E-state index in [9.17, 15) is 14.7 Å². The van der Waals surface area contributed by atoms with Crippen LogP contribution in [0.1, 0.15) is 30.5 Å². The maximum absolute atomic E-state index is 12.5. The summed E-state index contributed by atoms with van der Waals surface area (Å²) in [5, 5.41) is 15.5. The Balaban J connectivity index is 1.72. The number of rotatable bonds is 5. The largest absolute Gasteiger partial charge is 0.494 e. The van der Waals surface area contributed by atoms with E-state index in [-0.39, 0.29) is 11.6 Å². The van der Waals surface area contributed by atoms with Gasteiger partial charge < -0.3 is 15.3 Å². The van der Waals surface area contributed by atoms with Gasteiger partial charge in [-0.2, -0.15) is 5.10 Å². The molecule has 154 valence electrons. The van der Waals surface area contributed by atoms with E-state index in [0.717, 1.165) is 15.9 Å². The zero-order chi connectivity index (χ0) is 21.3. The Bertz CT molecular complexity index is 1230. The Hall–Kier alpha value is -3.52. The summed E-state index contributed by atoms with van der Waals surface area (Å²) in [7, 11) is 0. The fourth-order valence-electron chi connectivity index (χ4n) is 3.45. The van der Waals surface area contributed by atoms with Crippen LogP contribution < -0.4 is 21.4 Å². The normalized spacial score (nSPS) is 15.5. The molecule has 4 rings (SSSR count). The molecule has 0 unspecified atom stereocenters. The SMILES string of the molecule is CCOc1ccccc1[C@@H]1CC(c2c(O)n(-c3ccc(Cl)cc3)c(=O)[nH]c2=O)=NN1. The number of hydrogen-bond acceptors (Lipinski definition) is 6. The second kappa shape index (κ2) is 8.08. The van der Waals surface area contributed by atoms with Crippen molar-refractivity contribution < 1.29 is 9.84 Å². The van der Waals surface area contributed by atoms with E-state index >= 15 is 0 Å². The number of hydrogen-bond donors (Lipinski definition) is 3. The topological polar surface area (TPSA) is 109 Å². The average Bonchev–Trinajstić information content (AvgIpc) is 3.19. The summed E-state index contributed by atoms with van der Waals surface area (Å²) in [5.41, 5.74) is 3.07. The first-order valence-electron chi connectivity index (χ1n) is 9.38. The third kappa shape index (κ3) is 3.57. The molecule has 2 heterocycles. The summed E-state index contributed by atoms with van der Waals surface area (Å²) in [6.07, 6.45) is 0.333. The first-order chi connectivity index (χ1) is 14.5. The molecule has 0 bridgehead atoms. The third-order valence-corrected chi connectivity index (χ3v) is 5.06. The fraction of sp³-hybridized carbons (Fsp3) is 0.190. The van der Waals surface area contributed by atoms with Crippen LogP contribution in [0, 0.1) is 0 Å². The van der Waals surface area contributed by atoms with Gasteiger partial charge in [-0.15, -0.1) is 0 Å². The zero-order valence-corrected chi connectivity index (χ0v) is 16.8. The van der Waals surface area contributed by atoms with Gasteiger partial charge in [-0.1, -0.05) is 29.8 Å². The molecule has 1 atom stereocenters. The number of nitrogens with one attached hydrogen (secondary N) is 2. The molecule has 0 spiro atoms. The quantitative estimate of drug-likeness (QED) is 0.581. The van der Waals surface area contributed by atoms with Gasteiger partial charge in [-0.05, 0) is 37.3 Å². The van der Waals surface area contributed by atoms with Gasteiger partial charge in [0.25, 0.3) is 5.56 Å². The minimum Gasteiger partial charge on any atom is -0.494 e. The van der Waals surface area contributed by atoms with Crippen molar-refractivity contribution >= 4 is 17.3 Å². The summed E-state index contributed by atoms with van der Waals surface area (Å²) >= 11 is 5.90.